The molecule has 0 bridgehead atoms. The number of carbonyl (C=O) groups excluding carboxylic acids is 1. The summed E-state index contributed by atoms with van der Waals surface area (Å²) in [4.78, 5) is 11.4. The molecular weight excluding hydrogens is 315 g/mol. The molecule has 0 fully saturated rings. The number of alkyl halides is 3. The molecule has 132 valence electrons. The molecule has 1 aromatic heterocycles. The molecule has 1 aromatic carbocycles. The van der Waals surface area contributed by atoms with E-state index in [0.29, 0.717) is 11.4 Å². The molecule has 0 spiro atoms. The van der Waals surface area contributed by atoms with Crippen molar-refractivity contribution in [3.8, 4) is 0 Å². The molecule has 0 unspecified atom stereocenters. The molecule has 2 rings (SSSR count). The Balaban J connectivity index is 2.33. The summed E-state index contributed by atoms with van der Waals surface area (Å²) in [6.07, 6.45) is 3.70. The summed E-state index contributed by atoms with van der Waals surface area (Å²) in [6.45, 7) is 4.30. The SMILES string of the molecule is CCCCC(CCCC)n1ccc2cc(C(=O)C(F)(F)F)ccc21. The molecule has 0 N–H and O–H groups in total. The number of fused-ring (bicyclic) bond motifs is 1. The van der Waals surface area contributed by atoms with E-state index in [2.05, 4.69) is 18.4 Å². The maximum atomic E-state index is 12.6. The average Bonchev–Trinajstić information content (AvgIpc) is 2.96. The third kappa shape index (κ3) is 4.19. The predicted molar refractivity (Wildman–Crippen MR) is 90.4 cm³/mol. The number of unbranched alkanes of at least 4 members (excludes halogenated alkanes) is 2. The molecule has 0 radical (unpaired) electrons. The molecule has 0 aliphatic heterocycles. The van der Waals surface area contributed by atoms with Crippen molar-refractivity contribution in [1.82, 2.24) is 4.57 Å². The number of hydrogen-bond donors (Lipinski definition) is 0. The van der Waals surface area contributed by atoms with E-state index in [0.717, 1.165) is 44.0 Å². The number of benzene rings is 1. The van der Waals surface area contributed by atoms with Crippen LogP contribution in [-0.2, 0) is 0 Å². The van der Waals surface area contributed by atoms with Gasteiger partial charge in [0.15, 0.2) is 0 Å². The van der Waals surface area contributed by atoms with Crippen molar-refractivity contribution < 1.29 is 18.0 Å². The van der Waals surface area contributed by atoms with E-state index in [1.165, 1.54) is 12.1 Å². The second-order valence-electron chi connectivity index (χ2n) is 6.26. The lowest BCUT2D eigenvalue weighted by atomic mass is 10.0. The van der Waals surface area contributed by atoms with Crippen LogP contribution in [0.1, 0.15) is 68.8 Å². The third-order valence-electron chi connectivity index (χ3n) is 4.42. The smallest absolute Gasteiger partial charge is 0.344 e. The van der Waals surface area contributed by atoms with E-state index in [-0.39, 0.29) is 5.56 Å². The van der Waals surface area contributed by atoms with Gasteiger partial charge in [0.1, 0.15) is 0 Å². The molecule has 1 heterocycles. The second-order valence-corrected chi connectivity index (χ2v) is 6.26. The van der Waals surface area contributed by atoms with Gasteiger partial charge >= 0.3 is 6.18 Å². The number of rotatable bonds is 8. The number of halogens is 3. The number of carbonyl (C=O) groups is 1. The van der Waals surface area contributed by atoms with Crippen LogP contribution in [0.15, 0.2) is 30.5 Å². The van der Waals surface area contributed by atoms with Gasteiger partial charge in [0.25, 0.3) is 5.78 Å². The minimum Gasteiger partial charge on any atom is -0.344 e. The quantitative estimate of drug-likeness (QED) is 0.517. The summed E-state index contributed by atoms with van der Waals surface area (Å²) in [5.74, 6) is -1.79. The number of nitrogens with zero attached hydrogens (tertiary/aromatic N) is 1. The first-order valence-electron chi connectivity index (χ1n) is 8.60. The van der Waals surface area contributed by atoms with E-state index >= 15 is 0 Å². The Bertz CT molecular complexity index is 679. The molecule has 2 aromatic rings. The minimum atomic E-state index is -4.83. The van der Waals surface area contributed by atoms with Crippen LogP contribution in [0.25, 0.3) is 10.9 Å². The lowest BCUT2D eigenvalue weighted by molar-refractivity contribution is -0.0885. The summed E-state index contributed by atoms with van der Waals surface area (Å²) in [5, 5.41) is 0.683. The van der Waals surface area contributed by atoms with E-state index < -0.39 is 12.0 Å². The van der Waals surface area contributed by atoms with Crippen LogP contribution < -0.4 is 0 Å². The Labute approximate surface area is 140 Å². The summed E-state index contributed by atoms with van der Waals surface area (Å²) in [6, 6.07) is 6.42. The van der Waals surface area contributed by atoms with Crippen molar-refractivity contribution in [1.29, 1.82) is 0 Å². The zero-order valence-corrected chi connectivity index (χ0v) is 14.2. The predicted octanol–water partition coefficient (Wildman–Crippen LogP) is 6.31. The zero-order valence-electron chi connectivity index (χ0n) is 14.2. The summed E-state index contributed by atoms with van der Waals surface area (Å²) < 4.78 is 39.9. The number of ketones is 1. The van der Waals surface area contributed by atoms with Gasteiger partial charge in [-0.15, -0.1) is 0 Å². The van der Waals surface area contributed by atoms with Crippen LogP contribution >= 0.6 is 0 Å². The van der Waals surface area contributed by atoms with Crippen LogP contribution in [-0.4, -0.2) is 16.5 Å². The fourth-order valence-electron chi connectivity index (χ4n) is 3.09. The van der Waals surface area contributed by atoms with Gasteiger partial charge in [-0.2, -0.15) is 13.2 Å². The molecule has 0 saturated carbocycles. The minimum absolute atomic E-state index is 0.300. The van der Waals surface area contributed by atoms with Crippen molar-refractivity contribution in [3.05, 3.63) is 36.0 Å². The van der Waals surface area contributed by atoms with Crippen LogP contribution in [0, 0.1) is 0 Å². The molecule has 0 aliphatic rings. The Morgan fingerprint density at radius 2 is 1.71 bits per heavy atom. The molecule has 5 heteroatoms. The Morgan fingerprint density at radius 3 is 2.25 bits per heavy atom. The van der Waals surface area contributed by atoms with Gasteiger partial charge in [0, 0.05) is 28.7 Å². The van der Waals surface area contributed by atoms with Crippen molar-refractivity contribution in [2.75, 3.05) is 0 Å². The number of Topliss-reactive ketones (excluding diaryl/α,β-unsaturated/α-hetero) is 1. The van der Waals surface area contributed by atoms with Crippen molar-refractivity contribution in [3.63, 3.8) is 0 Å². The number of hydrogen-bond acceptors (Lipinski definition) is 1. The van der Waals surface area contributed by atoms with Gasteiger partial charge in [-0.3, -0.25) is 4.79 Å². The molecule has 2 nitrogen and oxygen atoms in total. The topological polar surface area (TPSA) is 22.0 Å². The largest absolute Gasteiger partial charge is 0.454 e. The van der Waals surface area contributed by atoms with Gasteiger partial charge in [0.2, 0.25) is 0 Å². The van der Waals surface area contributed by atoms with E-state index in [1.54, 1.807) is 12.1 Å². The monoisotopic (exact) mass is 339 g/mol. The molecular formula is C19H24F3NO. The highest BCUT2D eigenvalue weighted by atomic mass is 19.4. The van der Waals surface area contributed by atoms with E-state index in [1.807, 2.05) is 6.20 Å². The maximum Gasteiger partial charge on any atom is 0.454 e. The lowest BCUT2D eigenvalue weighted by Crippen LogP contribution is -2.22. The molecule has 0 amide bonds. The third-order valence-corrected chi connectivity index (χ3v) is 4.42. The Kier molecular flexibility index (Phi) is 6.08. The van der Waals surface area contributed by atoms with Gasteiger partial charge < -0.3 is 4.57 Å². The normalized spacial score (nSPS) is 12.2. The van der Waals surface area contributed by atoms with Gasteiger partial charge in [0.05, 0.1) is 0 Å². The number of aromatic nitrogens is 1. The van der Waals surface area contributed by atoms with E-state index in [9.17, 15) is 18.0 Å². The molecule has 24 heavy (non-hydrogen) atoms. The molecule has 0 atom stereocenters. The Morgan fingerprint density at radius 1 is 1.08 bits per heavy atom. The first kappa shape index (κ1) is 18.6. The van der Waals surface area contributed by atoms with Crippen LogP contribution in [0.4, 0.5) is 13.2 Å². The zero-order chi connectivity index (χ0) is 17.7. The highest BCUT2D eigenvalue weighted by Crippen LogP contribution is 2.29. The van der Waals surface area contributed by atoms with Gasteiger partial charge in [-0.05, 0) is 37.1 Å². The average molecular weight is 339 g/mol. The fraction of sp³-hybridized carbons (Fsp3) is 0.526. The fourth-order valence-corrected chi connectivity index (χ4v) is 3.09. The van der Waals surface area contributed by atoms with Gasteiger partial charge in [-0.1, -0.05) is 39.5 Å². The lowest BCUT2D eigenvalue weighted by Gasteiger charge is -2.20. The van der Waals surface area contributed by atoms with Crippen LogP contribution in [0.2, 0.25) is 0 Å². The molecule has 0 saturated heterocycles. The van der Waals surface area contributed by atoms with Gasteiger partial charge in [-0.25, -0.2) is 0 Å². The van der Waals surface area contributed by atoms with Crippen molar-refractivity contribution in [2.45, 2.75) is 64.6 Å². The summed E-state index contributed by atoms with van der Waals surface area (Å²) in [7, 11) is 0. The first-order valence-corrected chi connectivity index (χ1v) is 8.60. The Hall–Kier alpha value is -1.78. The summed E-state index contributed by atoms with van der Waals surface area (Å²) in [5.41, 5.74) is 0.595. The first-order chi connectivity index (χ1) is 11.4. The maximum absolute atomic E-state index is 12.6. The van der Waals surface area contributed by atoms with Crippen LogP contribution in [0.3, 0.4) is 0 Å². The summed E-state index contributed by atoms with van der Waals surface area (Å²) >= 11 is 0. The van der Waals surface area contributed by atoms with Crippen molar-refractivity contribution in [2.24, 2.45) is 0 Å². The second kappa shape index (κ2) is 7.86. The standard InChI is InChI=1S/C19H24F3NO/c1-3-5-7-16(8-6-4-2)23-12-11-14-13-15(9-10-17(14)23)18(24)19(20,21)22/h9-13,16H,3-8H2,1-2H3. The van der Waals surface area contributed by atoms with Crippen molar-refractivity contribution >= 4 is 16.7 Å². The highest BCUT2D eigenvalue weighted by Gasteiger charge is 2.39. The molecule has 0 aliphatic carbocycles. The highest BCUT2D eigenvalue weighted by molar-refractivity contribution is 6.02. The van der Waals surface area contributed by atoms with E-state index in [4.69, 9.17) is 0 Å². The van der Waals surface area contributed by atoms with Crippen LogP contribution in [0.5, 0.6) is 0 Å².